The van der Waals surface area contributed by atoms with Crippen molar-refractivity contribution < 1.29 is 14.0 Å². The monoisotopic (exact) mass is 381 g/mol. The summed E-state index contributed by atoms with van der Waals surface area (Å²) in [6.45, 7) is 0. The summed E-state index contributed by atoms with van der Waals surface area (Å²) < 4.78 is 15.8. The maximum absolute atomic E-state index is 12.0. The molecule has 2 rings (SSSR count). The molecule has 1 unspecified atom stereocenters. The molecule has 1 aliphatic rings. The van der Waals surface area contributed by atoms with Crippen molar-refractivity contribution in [2.24, 2.45) is 15.4 Å². The minimum atomic E-state index is -3.98. The van der Waals surface area contributed by atoms with Crippen LogP contribution < -0.4 is 5.30 Å². The minimum Gasteiger partial charge on any atom is -0.400 e. The second-order valence-corrected chi connectivity index (χ2v) is 8.18. The smallest absolute Gasteiger partial charge is 0.400 e. The van der Waals surface area contributed by atoms with Gasteiger partial charge >= 0.3 is 7.60 Å². The molecule has 1 aromatic rings. The van der Waals surface area contributed by atoms with Gasteiger partial charge in [0, 0.05) is 0 Å². The predicted octanol–water partition coefficient (Wildman–Crippen LogP) is 2.74. The maximum atomic E-state index is 12.0. The highest BCUT2D eigenvalue weighted by molar-refractivity contribution is 9.25. The molecule has 0 aliphatic carbocycles. The summed E-state index contributed by atoms with van der Waals surface area (Å²) >= 11 is 6.20. The number of hydrogen-bond donors (Lipinski definition) is 1. The average molecular weight is 383 g/mol. The molecule has 1 aliphatic heterocycles. The number of benzene rings is 1. The van der Waals surface area contributed by atoms with Gasteiger partial charge in [0.1, 0.15) is 0 Å². The standard InChI is InChI=1S/C8H6Br2N3O3P/c9-8(10)7(11-13-12-8)16-17(14,15)6-4-2-1-3-5-6/h1-5H,(H,14,15). The van der Waals surface area contributed by atoms with Gasteiger partial charge in [-0.1, -0.05) is 23.3 Å². The third-order valence-corrected chi connectivity index (χ3v) is 4.22. The first-order valence-corrected chi connectivity index (χ1v) is 7.54. The first-order valence-electron chi connectivity index (χ1n) is 4.38. The fourth-order valence-electron chi connectivity index (χ4n) is 1.08. The first kappa shape index (κ1) is 12.9. The highest BCUT2D eigenvalue weighted by atomic mass is 79.9. The summed E-state index contributed by atoms with van der Waals surface area (Å²) in [5, 5.41) is 10.7. The van der Waals surface area contributed by atoms with Crippen LogP contribution in [0.1, 0.15) is 0 Å². The molecule has 0 aromatic heterocycles. The maximum Gasteiger partial charge on any atom is 0.409 e. The zero-order chi connectivity index (χ0) is 12.5. The van der Waals surface area contributed by atoms with Crippen LogP contribution in [-0.2, 0) is 9.09 Å². The van der Waals surface area contributed by atoms with E-state index in [4.69, 9.17) is 4.52 Å². The van der Waals surface area contributed by atoms with E-state index in [1.165, 1.54) is 12.1 Å². The van der Waals surface area contributed by atoms with E-state index >= 15 is 0 Å². The SMILES string of the molecule is O=P(O)(OC1=NN=NC1(Br)Br)c1ccccc1. The van der Waals surface area contributed by atoms with Crippen LogP contribution in [0.25, 0.3) is 0 Å². The largest absolute Gasteiger partial charge is 0.409 e. The molecule has 0 spiro atoms. The Morgan fingerprint density at radius 1 is 1.29 bits per heavy atom. The van der Waals surface area contributed by atoms with Crippen LogP contribution in [0.15, 0.2) is 45.8 Å². The highest BCUT2D eigenvalue weighted by Crippen LogP contribution is 2.46. The van der Waals surface area contributed by atoms with Crippen molar-refractivity contribution in [1.82, 2.24) is 0 Å². The quantitative estimate of drug-likeness (QED) is 0.485. The lowest BCUT2D eigenvalue weighted by Gasteiger charge is -2.16. The molecule has 0 bridgehead atoms. The Morgan fingerprint density at radius 2 is 1.94 bits per heavy atom. The fraction of sp³-hybridized carbons (Fsp3) is 0.125. The van der Waals surface area contributed by atoms with Crippen LogP contribution in [0, 0.1) is 0 Å². The van der Waals surface area contributed by atoms with Gasteiger partial charge in [-0.3, -0.25) is 0 Å². The van der Waals surface area contributed by atoms with Crippen molar-refractivity contribution in [2.45, 2.75) is 3.36 Å². The van der Waals surface area contributed by atoms with Crippen LogP contribution >= 0.6 is 39.5 Å². The number of hydrogen-bond acceptors (Lipinski definition) is 5. The van der Waals surface area contributed by atoms with Crippen LogP contribution in [0.3, 0.4) is 0 Å². The van der Waals surface area contributed by atoms with Crippen molar-refractivity contribution in [2.75, 3.05) is 0 Å². The molecule has 0 amide bonds. The van der Waals surface area contributed by atoms with Gasteiger partial charge in [-0.25, -0.2) is 4.57 Å². The van der Waals surface area contributed by atoms with Crippen molar-refractivity contribution in [3.8, 4) is 0 Å². The Labute approximate surface area is 114 Å². The molecule has 0 radical (unpaired) electrons. The Morgan fingerprint density at radius 3 is 2.47 bits per heavy atom. The molecule has 6 nitrogen and oxygen atoms in total. The zero-order valence-electron chi connectivity index (χ0n) is 8.20. The van der Waals surface area contributed by atoms with E-state index in [2.05, 4.69) is 47.3 Å². The van der Waals surface area contributed by atoms with E-state index in [1.54, 1.807) is 18.2 Å². The Bertz CT molecular complexity index is 532. The molecular formula is C8H6Br2N3O3P. The van der Waals surface area contributed by atoms with Gasteiger partial charge in [0.05, 0.1) is 5.30 Å². The number of halogens is 2. The van der Waals surface area contributed by atoms with Gasteiger partial charge in [0.15, 0.2) is 0 Å². The molecule has 9 heteroatoms. The number of nitrogens with zero attached hydrogens (tertiary/aromatic N) is 3. The Balaban J connectivity index is 2.23. The van der Waals surface area contributed by atoms with Crippen molar-refractivity contribution >= 4 is 50.7 Å². The van der Waals surface area contributed by atoms with Gasteiger partial charge < -0.3 is 9.42 Å². The molecule has 90 valence electrons. The third kappa shape index (κ3) is 2.82. The average Bonchev–Trinajstić information content (AvgIpc) is 2.59. The lowest BCUT2D eigenvalue weighted by atomic mass is 10.4. The lowest BCUT2D eigenvalue weighted by Crippen LogP contribution is -2.23. The van der Waals surface area contributed by atoms with E-state index in [0.29, 0.717) is 0 Å². The minimum absolute atomic E-state index is 0.118. The molecule has 1 atom stereocenters. The summed E-state index contributed by atoms with van der Waals surface area (Å²) in [6, 6.07) is 8.01. The Hall–Kier alpha value is -0.560. The summed E-state index contributed by atoms with van der Waals surface area (Å²) in [5.74, 6) is -0.118. The fourth-order valence-corrected chi connectivity index (χ4v) is 2.85. The third-order valence-electron chi connectivity index (χ3n) is 1.86. The molecule has 0 saturated carbocycles. The van der Waals surface area contributed by atoms with Gasteiger partial charge in [0.25, 0.3) is 9.26 Å². The molecular weight excluding hydrogens is 377 g/mol. The zero-order valence-corrected chi connectivity index (χ0v) is 12.3. The molecule has 0 fully saturated rings. The van der Waals surface area contributed by atoms with Crippen LogP contribution in [-0.4, -0.2) is 14.1 Å². The van der Waals surface area contributed by atoms with Crippen molar-refractivity contribution in [3.63, 3.8) is 0 Å². The Kier molecular flexibility index (Phi) is 3.49. The topological polar surface area (TPSA) is 83.6 Å². The molecule has 0 saturated heterocycles. The molecule has 1 aromatic carbocycles. The first-order chi connectivity index (χ1) is 7.92. The van der Waals surface area contributed by atoms with Crippen LogP contribution in [0.4, 0.5) is 0 Å². The summed E-state index contributed by atoms with van der Waals surface area (Å²) in [4.78, 5) is 9.81. The summed E-state index contributed by atoms with van der Waals surface area (Å²) in [7, 11) is -3.98. The second-order valence-electron chi connectivity index (χ2n) is 3.08. The molecule has 1 heterocycles. The summed E-state index contributed by atoms with van der Waals surface area (Å²) in [5.41, 5.74) is 0. The van der Waals surface area contributed by atoms with Gasteiger partial charge in [-0.2, -0.15) is 0 Å². The van der Waals surface area contributed by atoms with E-state index in [1.807, 2.05) is 0 Å². The second kappa shape index (κ2) is 4.61. The van der Waals surface area contributed by atoms with Crippen molar-refractivity contribution in [3.05, 3.63) is 30.3 Å². The van der Waals surface area contributed by atoms with Gasteiger partial charge in [-0.15, -0.1) is 5.11 Å². The predicted molar refractivity (Wildman–Crippen MR) is 69.9 cm³/mol. The van der Waals surface area contributed by atoms with E-state index in [9.17, 15) is 9.46 Å². The van der Waals surface area contributed by atoms with E-state index < -0.39 is 11.0 Å². The highest BCUT2D eigenvalue weighted by Gasteiger charge is 2.40. The molecule has 17 heavy (non-hydrogen) atoms. The van der Waals surface area contributed by atoms with E-state index in [-0.39, 0.29) is 11.2 Å². The van der Waals surface area contributed by atoms with Crippen LogP contribution in [0.2, 0.25) is 0 Å². The van der Waals surface area contributed by atoms with Crippen LogP contribution in [0.5, 0.6) is 0 Å². The normalized spacial score (nSPS) is 20.8. The van der Waals surface area contributed by atoms with Gasteiger partial charge in [-0.05, 0) is 49.2 Å². The number of alkyl halides is 2. The lowest BCUT2D eigenvalue weighted by molar-refractivity contribution is 0.385. The van der Waals surface area contributed by atoms with Crippen molar-refractivity contribution in [1.29, 1.82) is 0 Å². The summed E-state index contributed by atoms with van der Waals surface area (Å²) in [6.07, 6.45) is 0. The number of rotatable bonds is 2. The van der Waals surface area contributed by atoms with E-state index in [0.717, 1.165) is 0 Å². The molecule has 1 N–H and O–H groups in total. The van der Waals surface area contributed by atoms with Gasteiger partial charge in [0.2, 0.25) is 0 Å².